The number of rotatable bonds is 8. The standard InChI is InChI=1S/C16H26N2O3/c1-12(2)15(9-11-19)18-16(21)17-10-3-4-13-5-7-14(20)8-6-13/h5-8,12,15,19-20H,3-4,9-11H2,1-2H3,(H2,17,18,21). The lowest BCUT2D eigenvalue weighted by Gasteiger charge is -2.21. The van der Waals surface area contributed by atoms with E-state index in [9.17, 15) is 9.90 Å². The van der Waals surface area contributed by atoms with Crippen LogP contribution in [0, 0.1) is 5.92 Å². The molecule has 1 rings (SSSR count). The van der Waals surface area contributed by atoms with Gasteiger partial charge >= 0.3 is 6.03 Å². The molecule has 0 aromatic heterocycles. The number of benzene rings is 1. The zero-order chi connectivity index (χ0) is 15.7. The Morgan fingerprint density at radius 3 is 2.48 bits per heavy atom. The maximum Gasteiger partial charge on any atom is 0.315 e. The average molecular weight is 294 g/mol. The summed E-state index contributed by atoms with van der Waals surface area (Å²) in [4.78, 5) is 11.8. The molecule has 118 valence electrons. The molecule has 0 aliphatic carbocycles. The molecule has 0 aliphatic heterocycles. The molecule has 0 spiro atoms. The lowest BCUT2D eigenvalue weighted by Crippen LogP contribution is -2.45. The number of urea groups is 1. The molecule has 1 aromatic carbocycles. The van der Waals surface area contributed by atoms with E-state index in [2.05, 4.69) is 10.6 Å². The number of carbonyl (C=O) groups excluding carboxylic acids is 1. The molecule has 21 heavy (non-hydrogen) atoms. The summed E-state index contributed by atoms with van der Waals surface area (Å²) in [6.07, 6.45) is 2.26. The Kier molecular flexibility index (Phi) is 7.61. The normalized spacial score (nSPS) is 12.2. The maximum atomic E-state index is 11.8. The minimum absolute atomic E-state index is 0.00732. The van der Waals surface area contributed by atoms with Crippen LogP contribution in [0.2, 0.25) is 0 Å². The van der Waals surface area contributed by atoms with Gasteiger partial charge in [-0.25, -0.2) is 4.79 Å². The Balaban J connectivity index is 2.22. The fourth-order valence-electron chi connectivity index (χ4n) is 2.09. The molecular weight excluding hydrogens is 268 g/mol. The highest BCUT2D eigenvalue weighted by Gasteiger charge is 2.14. The quantitative estimate of drug-likeness (QED) is 0.554. The molecule has 0 saturated carbocycles. The van der Waals surface area contributed by atoms with Gasteiger partial charge in [-0.3, -0.25) is 0 Å². The van der Waals surface area contributed by atoms with Gasteiger partial charge in [-0.05, 0) is 42.9 Å². The van der Waals surface area contributed by atoms with Crippen LogP contribution in [0.4, 0.5) is 4.79 Å². The monoisotopic (exact) mass is 294 g/mol. The second-order valence-corrected chi connectivity index (χ2v) is 5.53. The molecule has 0 bridgehead atoms. The van der Waals surface area contributed by atoms with Crippen molar-refractivity contribution in [1.82, 2.24) is 10.6 Å². The Bertz CT molecular complexity index is 418. The lowest BCUT2D eigenvalue weighted by molar-refractivity contribution is 0.219. The highest BCUT2D eigenvalue weighted by atomic mass is 16.3. The molecule has 0 saturated heterocycles. The first kappa shape index (κ1) is 17.3. The summed E-state index contributed by atoms with van der Waals surface area (Å²) in [6.45, 7) is 4.71. The van der Waals surface area contributed by atoms with Crippen LogP contribution in [0.3, 0.4) is 0 Å². The molecule has 4 N–H and O–H groups in total. The van der Waals surface area contributed by atoms with Crippen molar-refractivity contribution in [2.24, 2.45) is 5.92 Å². The minimum atomic E-state index is -0.187. The number of aliphatic hydroxyl groups excluding tert-OH is 1. The first-order valence-electron chi connectivity index (χ1n) is 7.46. The third-order valence-electron chi connectivity index (χ3n) is 3.43. The smallest absolute Gasteiger partial charge is 0.315 e. The Morgan fingerprint density at radius 1 is 1.24 bits per heavy atom. The summed E-state index contributed by atoms with van der Waals surface area (Å²) in [5.74, 6) is 0.555. The van der Waals surface area contributed by atoms with Crippen molar-refractivity contribution < 1.29 is 15.0 Å². The summed E-state index contributed by atoms with van der Waals surface area (Å²) in [5, 5.41) is 23.9. The van der Waals surface area contributed by atoms with Gasteiger partial charge in [0, 0.05) is 19.2 Å². The van der Waals surface area contributed by atoms with E-state index in [1.807, 2.05) is 26.0 Å². The van der Waals surface area contributed by atoms with Gasteiger partial charge in [-0.2, -0.15) is 0 Å². The van der Waals surface area contributed by atoms with E-state index >= 15 is 0 Å². The number of aromatic hydroxyl groups is 1. The van der Waals surface area contributed by atoms with E-state index in [0.29, 0.717) is 18.9 Å². The number of nitrogens with one attached hydrogen (secondary N) is 2. The second-order valence-electron chi connectivity index (χ2n) is 5.53. The van der Waals surface area contributed by atoms with E-state index in [-0.39, 0.29) is 24.4 Å². The molecular formula is C16H26N2O3. The van der Waals surface area contributed by atoms with Crippen molar-refractivity contribution in [3.63, 3.8) is 0 Å². The first-order valence-corrected chi connectivity index (χ1v) is 7.46. The van der Waals surface area contributed by atoms with E-state index in [0.717, 1.165) is 18.4 Å². The van der Waals surface area contributed by atoms with Gasteiger partial charge in [0.2, 0.25) is 0 Å². The molecule has 5 nitrogen and oxygen atoms in total. The summed E-state index contributed by atoms with van der Waals surface area (Å²) >= 11 is 0. The van der Waals surface area contributed by atoms with Gasteiger partial charge in [-0.15, -0.1) is 0 Å². The zero-order valence-electron chi connectivity index (χ0n) is 12.8. The van der Waals surface area contributed by atoms with Crippen molar-refractivity contribution in [2.75, 3.05) is 13.2 Å². The topological polar surface area (TPSA) is 81.6 Å². The summed E-state index contributed by atoms with van der Waals surface area (Å²) in [5.41, 5.74) is 1.13. The van der Waals surface area contributed by atoms with Crippen molar-refractivity contribution in [1.29, 1.82) is 0 Å². The second kappa shape index (κ2) is 9.23. The number of amides is 2. The molecule has 0 aliphatic rings. The minimum Gasteiger partial charge on any atom is -0.508 e. The van der Waals surface area contributed by atoms with Gasteiger partial charge < -0.3 is 20.8 Å². The third-order valence-corrected chi connectivity index (χ3v) is 3.43. The molecule has 0 radical (unpaired) electrons. The van der Waals surface area contributed by atoms with Crippen LogP contribution in [0.1, 0.15) is 32.3 Å². The summed E-state index contributed by atoms with van der Waals surface area (Å²) in [6, 6.07) is 6.89. The number of hydrogen-bond acceptors (Lipinski definition) is 3. The number of phenols is 1. The predicted octanol–water partition coefficient (Wildman–Crippen LogP) is 2.03. The van der Waals surface area contributed by atoms with Crippen molar-refractivity contribution in [2.45, 2.75) is 39.2 Å². The van der Waals surface area contributed by atoms with Crippen LogP contribution in [-0.2, 0) is 6.42 Å². The molecule has 0 fully saturated rings. The van der Waals surface area contributed by atoms with Gasteiger partial charge in [0.1, 0.15) is 5.75 Å². The van der Waals surface area contributed by atoms with Crippen molar-refractivity contribution in [3.05, 3.63) is 29.8 Å². The van der Waals surface area contributed by atoms with Gasteiger partial charge in [0.05, 0.1) is 0 Å². The van der Waals surface area contributed by atoms with Crippen LogP contribution in [-0.4, -0.2) is 35.4 Å². The fraction of sp³-hybridized carbons (Fsp3) is 0.562. The SMILES string of the molecule is CC(C)C(CCO)NC(=O)NCCCc1ccc(O)cc1. The number of hydrogen-bond donors (Lipinski definition) is 4. The highest BCUT2D eigenvalue weighted by molar-refractivity contribution is 5.74. The summed E-state index contributed by atoms with van der Waals surface area (Å²) in [7, 11) is 0. The lowest BCUT2D eigenvalue weighted by atomic mass is 10.0. The zero-order valence-corrected chi connectivity index (χ0v) is 12.8. The number of phenolic OH excluding ortho intramolecular Hbond substituents is 1. The predicted molar refractivity (Wildman–Crippen MR) is 83.3 cm³/mol. The number of carbonyl (C=O) groups is 1. The largest absolute Gasteiger partial charge is 0.508 e. The van der Waals surface area contributed by atoms with E-state index < -0.39 is 0 Å². The van der Waals surface area contributed by atoms with Crippen LogP contribution in [0.25, 0.3) is 0 Å². The molecule has 0 heterocycles. The Labute approximate surface area is 126 Å². The first-order chi connectivity index (χ1) is 10.0. The van der Waals surface area contributed by atoms with Crippen LogP contribution < -0.4 is 10.6 Å². The summed E-state index contributed by atoms with van der Waals surface area (Å²) < 4.78 is 0. The van der Waals surface area contributed by atoms with Gasteiger partial charge in [0.15, 0.2) is 0 Å². The van der Waals surface area contributed by atoms with Crippen molar-refractivity contribution in [3.8, 4) is 5.75 Å². The van der Waals surface area contributed by atoms with Crippen molar-refractivity contribution >= 4 is 6.03 Å². The Hall–Kier alpha value is -1.75. The third kappa shape index (κ3) is 6.99. The van der Waals surface area contributed by atoms with Gasteiger partial charge in [0.25, 0.3) is 0 Å². The van der Waals surface area contributed by atoms with E-state index in [1.165, 1.54) is 0 Å². The van der Waals surface area contributed by atoms with E-state index in [1.54, 1.807) is 12.1 Å². The molecule has 5 heteroatoms. The van der Waals surface area contributed by atoms with Gasteiger partial charge in [-0.1, -0.05) is 26.0 Å². The van der Waals surface area contributed by atoms with E-state index in [4.69, 9.17) is 5.11 Å². The molecule has 2 amide bonds. The Morgan fingerprint density at radius 2 is 1.90 bits per heavy atom. The number of aliphatic hydroxyl groups is 1. The maximum absolute atomic E-state index is 11.8. The fourth-order valence-corrected chi connectivity index (χ4v) is 2.09. The molecule has 1 atom stereocenters. The molecule has 1 aromatic rings. The highest BCUT2D eigenvalue weighted by Crippen LogP contribution is 2.10. The van der Waals surface area contributed by atoms with Crippen LogP contribution in [0.15, 0.2) is 24.3 Å². The average Bonchev–Trinajstić information content (AvgIpc) is 2.45. The molecule has 1 unspecified atom stereocenters. The van der Waals surface area contributed by atoms with Crippen LogP contribution >= 0.6 is 0 Å². The number of aryl methyl sites for hydroxylation is 1. The van der Waals surface area contributed by atoms with Crippen LogP contribution in [0.5, 0.6) is 5.75 Å².